The van der Waals surface area contributed by atoms with Gasteiger partial charge in [-0.05, 0) is 53.7 Å². The first-order chi connectivity index (χ1) is 13.3. The molecule has 144 valence electrons. The SMILES string of the molecule is C=COc1ccc(/C=C2\SC(=Nc3ccc(Cl)c(C(F)(F)F)c3)NC2=O)cc1. The van der Waals surface area contributed by atoms with E-state index >= 15 is 0 Å². The van der Waals surface area contributed by atoms with Crippen LogP contribution in [0.5, 0.6) is 5.75 Å². The number of amidine groups is 1. The van der Waals surface area contributed by atoms with E-state index in [4.69, 9.17) is 16.3 Å². The van der Waals surface area contributed by atoms with E-state index in [9.17, 15) is 18.0 Å². The minimum atomic E-state index is -4.59. The molecule has 1 aliphatic rings. The number of carbonyl (C=O) groups excluding carboxylic acids is 1. The molecule has 9 heteroatoms. The summed E-state index contributed by atoms with van der Waals surface area (Å²) in [5.41, 5.74) is -0.198. The summed E-state index contributed by atoms with van der Waals surface area (Å²) in [6.07, 6.45) is -1.65. The van der Waals surface area contributed by atoms with Gasteiger partial charge in [0.25, 0.3) is 5.91 Å². The normalized spacial score (nSPS) is 17.1. The van der Waals surface area contributed by atoms with E-state index in [1.54, 1.807) is 30.3 Å². The van der Waals surface area contributed by atoms with Crippen molar-refractivity contribution < 1.29 is 22.7 Å². The zero-order chi connectivity index (χ0) is 20.3. The molecule has 1 heterocycles. The molecule has 0 atom stereocenters. The molecule has 0 bridgehead atoms. The molecule has 2 aromatic rings. The topological polar surface area (TPSA) is 50.7 Å². The Morgan fingerprint density at radius 3 is 2.54 bits per heavy atom. The average Bonchev–Trinajstić information content (AvgIpc) is 2.97. The predicted molar refractivity (Wildman–Crippen MR) is 105 cm³/mol. The third-order valence-electron chi connectivity index (χ3n) is 3.53. The quantitative estimate of drug-likeness (QED) is 0.500. The summed E-state index contributed by atoms with van der Waals surface area (Å²) in [6, 6.07) is 10.2. The number of hydrogen-bond donors (Lipinski definition) is 1. The van der Waals surface area contributed by atoms with Gasteiger partial charge < -0.3 is 10.1 Å². The van der Waals surface area contributed by atoms with Crippen molar-refractivity contribution in [1.29, 1.82) is 0 Å². The first kappa shape index (κ1) is 20.0. The van der Waals surface area contributed by atoms with Crippen LogP contribution in [0.4, 0.5) is 18.9 Å². The molecule has 0 aliphatic carbocycles. The van der Waals surface area contributed by atoms with Crippen LogP contribution in [0, 0.1) is 0 Å². The number of rotatable bonds is 4. The van der Waals surface area contributed by atoms with E-state index in [1.165, 1.54) is 12.3 Å². The molecule has 0 unspecified atom stereocenters. The second-order valence-electron chi connectivity index (χ2n) is 5.50. The lowest BCUT2D eigenvalue weighted by molar-refractivity contribution is -0.137. The largest absolute Gasteiger partial charge is 0.466 e. The predicted octanol–water partition coefficient (Wildman–Crippen LogP) is 5.77. The standard InChI is InChI=1S/C19H12ClF3N2O2S/c1-2-27-13-6-3-11(4-7-13)9-16-17(26)25-18(28-16)24-12-5-8-15(20)14(10-12)19(21,22)23/h2-10H,1H2,(H,24,25,26)/b16-9-. The molecule has 3 rings (SSSR count). The maximum Gasteiger partial charge on any atom is 0.417 e. The zero-order valence-corrected chi connectivity index (χ0v) is 15.7. The number of carbonyl (C=O) groups is 1. The van der Waals surface area contributed by atoms with Crippen LogP contribution in [0.2, 0.25) is 5.02 Å². The van der Waals surface area contributed by atoms with Crippen molar-refractivity contribution in [2.75, 3.05) is 0 Å². The fourth-order valence-electron chi connectivity index (χ4n) is 2.29. The van der Waals surface area contributed by atoms with Crippen molar-refractivity contribution >= 4 is 46.2 Å². The van der Waals surface area contributed by atoms with Crippen molar-refractivity contribution in [3.63, 3.8) is 0 Å². The Hall–Kier alpha value is -2.71. The lowest BCUT2D eigenvalue weighted by Crippen LogP contribution is -2.19. The summed E-state index contributed by atoms with van der Waals surface area (Å²) in [6.45, 7) is 3.46. The van der Waals surface area contributed by atoms with E-state index in [-0.39, 0.29) is 16.8 Å². The first-order valence-electron chi connectivity index (χ1n) is 7.80. The minimum Gasteiger partial charge on any atom is -0.466 e. The molecule has 4 nitrogen and oxygen atoms in total. The van der Waals surface area contributed by atoms with Crippen LogP contribution in [-0.4, -0.2) is 11.1 Å². The Kier molecular flexibility index (Phi) is 5.81. The summed E-state index contributed by atoms with van der Waals surface area (Å²) in [5, 5.41) is 2.30. The summed E-state index contributed by atoms with van der Waals surface area (Å²) < 4.78 is 44.0. The maximum absolute atomic E-state index is 13.0. The van der Waals surface area contributed by atoms with Gasteiger partial charge in [0, 0.05) is 0 Å². The highest BCUT2D eigenvalue weighted by Gasteiger charge is 2.33. The number of amides is 1. The molecule has 1 amide bonds. The highest BCUT2D eigenvalue weighted by molar-refractivity contribution is 8.18. The number of halogens is 4. The monoisotopic (exact) mass is 424 g/mol. The molecule has 28 heavy (non-hydrogen) atoms. The molecule has 1 aliphatic heterocycles. The van der Waals surface area contributed by atoms with Gasteiger partial charge in [0.2, 0.25) is 0 Å². The molecule has 1 fully saturated rings. The van der Waals surface area contributed by atoms with Gasteiger partial charge in [-0.3, -0.25) is 4.79 Å². The number of hydrogen-bond acceptors (Lipinski definition) is 4. The van der Waals surface area contributed by atoms with E-state index < -0.39 is 16.8 Å². The van der Waals surface area contributed by atoms with Gasteiger partial charge in [0.05, 0.1) is 27.4 Å². The summed E-state index contributed by atoms with van der Waals surface area (Å²) >= 11 is 6.63. The van der Waals surface area contributed by atoms with Gasteiger partial charge >= 0.3 is 6.18 Å². The number of nitrogens with one attached hydrogen (secondary N) is 1. The van der Waals surface area contributed by atoms with Crippen molar-refractivity contribution in [3.8, 4) is 5.75 Å². The van der Waals surface area contributed by atoms with E-state index in [2.05, 4.69) is 16.9 Å². The summed E-state index contributed by atoms with van der Waals surface area (Å²) in [4.78, 5) is 16.5. The number of ether oxygens (including phenoxy) is 1. The van der Waals surface area contributed by atoms with Gasteiger partial charge in [-0.2, -0.15) is 13.2 Å². The van der Waals surface area contributed by atoms with Crippen LogP contribution in [0.25, 0.3) is 6.08 Å². The second kappa shape index (κ2) is 8.12. The van der Waals surface area contributed by atoms with Crippen LogP contribution >= 0.6 is 23.4 Å². The smallest absolute Gasteiger partial charge is 0.417 e. The van der Waals surface area contributed by atoms with Crippen molar-refractivity contribution in [2.24, 2.45) is 4.99 Å². The van der Waals surface area contributed by atoms with Gasteiger partial charge in [-0.25, -0.2) is 4.99 Å². The molecular weight excluding hydrogens is 413 g/mol. The lowest BCUT2D eigenvalue weighted by atomic mass is 10.2. The fourth-order valence-corrected chi connectivity index (χ4v) is 3.35. The van der Waals surface area contributed by atoms with Crippen LogP contribution in [-0.2, 0) is 11.0 Å². The molecular formula is C19H12ClF3N2O2S. The Morgan fingerprint density at radius 2 is 1.89 bits per heavy atom. The number of nitrogens with zero attached hydrogens (tertiary/aromatic N) is 1. The summed E-state index contributed by atoms with van der Waals surface area (Å²) in [5.74, 6) is 0.214. The van der Waals surface area contributed by atoms with E-state index in [0.29, 0.717) is 10.7 Å². The average molecular weight is 425 g/mol. The highest BCUT2D eigenvalue weighted by Crippen LogP contribution is 2.37. The van der Waals surface area contributed by atoms with E-state index in [1.807, 2.05) is 0 Å². The Balaban J connectivity index is 1.81. The Labute approximate surface area is 167 Å². The molecule has 0 spiro atoms. The third kappa shape index (κ3) is 4.76. The molecule has 0 radical (unpaired) electrons. The van der Waals surface area contributed by atoms with Crippen molar-refractivity contribution in [2.45, 2.75) is 6.18 Å². The third-order valence-corrected chi connectivity index (χ3v) is 4.77. The van der Waals surface area contributed by atoms with E-state index in [0.717, 1.165) is 29.5 Å². The van der Waals surface area contributed by atoms with Gasteiger partial charge in [0.1, 0.15) is 5.75 Å². The Morgan fingerprint density at radius 1 is 1.18 bits per heavy atom. The van der Waals surface area contributed by atoms with Crippen molar-refractivity contribution in [3.05, 3.63) is 76.4 Å². The number of thioether (sulfide) groups is 1. The van der Waals surface area contributed by atoms with Crippen LogP contribution in [0.15, 0.2) is 65.2 Å². The highest BCUT2D eigenvalue weighted by atomic mass is 35.5. The molecule has 0 aromatic heterocycles. The summed E-state index contributed by atoms with van der Waals surface area (Å²) in [7, 11) is 0. The molecule has 2 aromatic carbocycles. The van der Waals surface area contributed by atoms with Gasteiger partial charge in [-0.15, -0.1) is 0 Å². The second-order valence-corrected chi connectivity index (χ2v) is 6.94. The van der Waals surface area contributed by atoms with Gasteiger partial charge in [0.15, 0.2) is 5.17 Å². The van der Waals surface area contributed by atoms with Crippen LogP contribution < -0.4 is 10.1 Å². The number of aliphatic imine (C=N–C) groups is 1. The maximum atomic E-state index is 13.0. The van der Waals surface area contributed by atoms with Crippen molar-refractivity contribution in [1.82, 2.24) is 5.32 Å². The van der Waals surface area contributed by atoms with Crippen LogP contribution in [0.3, 0.4) is 0 Å². The molecule has 0 saturated carbocycles. The fraction of sp³-hybridized carbons (Fsp3) is 0.0526. The Bertz CT molecular complexity index is 986. The minimum absolute atomic E-state index is 0.0340. The van der Waals surface area contributed by atoms with Crippen LogP contribution in [0.1, 0.15) is 11.1 Å². The lowest BCUT2D eigenvalue weighted by Gasteiger charge is -2.09. The first-order valence-corrected chi connectivity index (χ1v) is 8.99. The molecule has 1 N–H and O–H groups in total. The number of alkyl halides is 3. The molecule has 1 saturated heterocycles. The number of benzene rings is 2. The zero-order valence-electron chi connectivity index (χ0n) is 14.1. The van der Waals surface area contributed by atoms with Gasteiger partial charge in [-0.1, -0.05) is 30.3 Å².